The highest BCUT2D eigenvalue weighted by Crippen LogP contribution is 2.15. The first-order valence-corrected chi connectivity index (χ1v) is 7.53. The van der Waals surface area contributed by atoms with Crippen molar-refractivity contribution in [2.24, 2.45) is 5.92 Å². The molecule has 0 fully saturated rings. The molecule has 0 saturated heterocycles. The van der Waals surface area contributed by atoms with E-state index >= 15 is 0 Å². The lowest BCUT2D eigenvalue weighted by molar-refractivity contribution is 0.0879. The lowest BCUT2D eigenvalue weighted by Gasteiger charge is -2.14. The standard InChI is InChI=1S/C15H32O2/c1-3-5-6-7-8-11-15(4-2)14-17-13-10-9-12-16/h15-16H,3-14H2,1-2H3. The Bertz CT molecular complexity index is 123. The number of aliphatic hydroxyl groups is 1. The molecule has 1 atom stereocenters. The molecule has 0 amide bonds. The van der Waals surface area contributed by atoms with E-state index in [4.69, 9.17) is 9.84 Å². The van der Waals surface area contributed by atoms with E-state index in [2.05, 4.69) is 13.8 Å². The summed E-state index contributed by atoms with van der Waals surface area (Å²) in [5.41, 5.74) is 0. The molecule has 104 valence electrons. The highest BCUT2D eigenvalue weighted by Gasteiger charge is 2.05. The third kappa shape index (κ3) is 12.2. The van der Waals surface area contributed by atoms with Crippen molar-refractivity contribution in [3.05, 3.63) is 0 Å². The van der Waals surface area contributed by atoms with Gasteiger partial charge in [-0.1, -0.05) is 52.4 Å². The molecule has 17 heavy (non-hydrogen) atoms. The molecule has 0 saturated carbocycles. The van der Waals surface area contributed by atoms with Crippen LogP contribution in [0.25, 0.3) is 0 Å². The van der Waals surface area contributed by atoms with Crippen molar-refractivity contribution in [3.63, 3.8) is 0 Å². The van der Waals surface area contributed by atoms with Gasteiger partial charge < -0.3 is 9.84 Å². The van der Waals surface area contributed by atoms with Crippen LogP contribution in [0.4, 0.5) is 0 Å². The Labute approximate surface area is 108 Å². The van der Waals surface area contributed by atoms with Crippen molar-refractivity contribution in [2.75, 3.05) is 19.8 Å². The lowest BCUT2D eigenvalue weighted by atomic mass is 9.99. The lowest BCUT2D eigenvalue weighted by Crippen LogP contribution is -2.10. The van der Waals surface area contributed by atoms with Crippen molar-refractivity contribution in [3.8, 4) is 0 Å². The van der Waals surface area contributed by atoms with E-state index in [1.54, 1.807) is 0 Å². The van der Waals surface area contributed by atoms with Crippen LogP contribution in [0.5, 0.6) is 0 Å². The fourth-order valence-corrected chi connectivity index (χ4v) is 2.01. The van der Waals surface area contributed by atoms with Crippen LogP contribution >= 0.6 is 0 Å². The van der Waals surface area contributed by atoms with Crippen LogP contribution in [0.1, 0.15) is 71.6 Å². The van der Waals surface area contributed by atoms with Crippen LogP contribution in [-0.4, -0.2) is 24.9 Å². The Morgan fingerprint density at radius 2 is 1.71 bits per heavy atom. The van der Waals surface area contributed by atoms with E-state index in [9.17, 15) is 0 Å². The van der Waals surface area contributed by atoms with Gasteiger partial charge >= 0.3 is 0 Å². The maximum atomic E-state index is 8.65. The summed E-state index contributed by atoms with van der Waals surface area (Å²) >= 11 is 0. The molecule has 0 radical (unpaired) electrons. The van der Waals surface area contributed by atoms with E-state index < -0.39 is 0 Å². The smallest absolute Gasteiger partial charge is 0.0494 e. The van der Waals surface area contributed by atoms with Crippen LogP contribution in [0.2, 0.25) is 0 Å². The molecule has 2 nitrogen and oxygen atoms in total. The molecule has 2 heteroatoms. The SMILES string of the molecule is CCCCCCCC(CC)COCCCCO. The number of rotatable bonds is 13. The molecule has 1 N–H and O–H groups in total. The Morgan fingerprint density at radius 3 is 2.35 bits per heavy atom. The van der Waals surface area contributed by atoms with Gasteiger partial charge in [-0.3, -0.25) is 0 Å². The largest absolute Gasteiger partial charge is 0.396 e. The third-order valence-corrected chi connectivity index (χ3v) is 3.34. The van der Waals surface area contributed by atoms with Gasteiger partial charge in [0.05, 0.1) is 0 Å². The Hall–Kier alpha value is -0.0800. The molecular formula is C15H32O2. The molecule has 0 bridgehead atoms. The van der Waals surface area contributed by atoms with Gasteiger partial charge in [0, 0.05) is 19.8 Å². The summed E-state index contributed by atoms with van der Waals surface area (Å²) in [5.74, 6) is 0.741. The molecule has 0 heterocycles. The predicted octanol–water partition coefficient (Wildman–Crippen LogP) is 4.16. The molecule has 0 aromatic carbocycles. The summed E-state index contributed by atoms with van der Waals surface area (Å²) in [5, 5.41) is 8.65. The number of ether oxygens (including phenoxy) is 1. The Balaban J connectivity index is 3.30. The fraction of sp³-hybridized carbons (Fsp3) is 1.00. The molecule has 0 aromatic heterocycles. The maximum Gasteiger partial charge on any atom is 0.0494 e. The summed E-state index contributed by atoms with van der Waals surface area (Å²) in [7, 11) is 0. The second kappa shape index (κ2) is 14.0. The highest BCUT2D eigenvalue weighted by atomic mass is 16.5. The molecule has 0 spiro atoms. The van der Waals surface area contributed by atoms with Crippen LogP contribution in [-0.2, 0) is 4.74 Å². The van der Waals surface area contributed by atoms with Gasteiger partial charge in [-0.15, -0.1) is 0 Å². The van der Waals surface area contributed by atoms with Gasteiger partial charge in [0.2, 0.25) is 0 Å². The summed E-state index contributed by atoms with van der Waals surface area (Å²) in [6.07, 6.45) is 11.3. The highest BCUT2D eigenvalue weighted by molar-refractivity contribution is 4.57. The molecule has 0 rings (SSSR count). The number of hydrogen-bond donors (Lipinski definition) is 1. The predicted molar refractivity (Wildman–Crippen MR) is 74.3 cm³/mol. The Morgan fingerprint density at radius 1 is 0.941 bits per heavy atom. The first-order chi connectivity index (χ1) is 8.35. The topological polar surface area (TPSA) is 29.5 Å². The third-order valence-electron chi connectivity index (χ3n) is 3.34. The minimum atomic E-state index is 0.290. The number of unbranched alkanes of at least 4 members (excludes halogenated alkanes) is 5. The molecule has 0 aliphatic rings. The summed E-state index contributed by atoms with van der Waals surface area (Å²) in [6, 6.07) is 0. The fourth-order valence-electron chi connectivity index (χ4n) is 2.01. The van der Waals surface area contributed by atoms with E-state index in [0.29, 0.717) is 0 Å². The van der Waals surface area contributed by atoms with Gasteiger partial charge in [-0.05, 0) is 25.2 Å². The van der Waals surface area contributed by atoms with E-state index in [-0.39, 0.29) is 6.61 Å². The molecular weight excluding hydrogens is 212 g/mol. The van der Waals surface area contributed by atoms with Crippen LogP contribution in [0.3, 0.4) is 0 Å². The average molecular weight is 244 g/mol. The second-order valence-electron chi connectivity index (χ2n) is 4.98. The van der Waals surface area contributed by atoms with Crippen molar-refractivity contribution in [2.45, 2.75) is 71.6 Å². The van der Waals surface area contributed by atoms with Gasteiger partial charge in [-0.25, -0.2) is 0 Å². The average Bonchev–Trinajstić information content (AvgIpc) is 2.36. The van der Waals surface area contributed by atoms with Gasteiger partial charge in [0.15, 0.2) is 0 Å². The normalized spacial score (nSPS) is 12.9. The second-order valence-corrected chi connectivity index (χ2v) is 4.98. The molecule has 0 aliphatic carbocycles. The zero-order chi connectivity index (χ0) is 12.8. The number of hydrogen-bond acceptors (Lipinski definition) is 2. The zero-order valence-electron chi connectivity index (χ0n) is 11.9. The first kappa shape index (κ1) is 16.9. The quantitative estimate of drug-likeness (QED) is 0.493. The van der Waals surface area contributed by atoms with Crippen molar-refractivity contribution < 1.29 is 9.84 Å². The van der Waals surface area contributed by atoms with Crippen molar-refractivity contribution in [1.82, 2.24) is 0 Å². The molecule has 1 unspecified atom stereocenters. The monoisotopic (exact) mass is 244 g/mol. The minimum absolute atomic E-state index is 0.290. The van der Waals surface area contributed by atoms with Gasteiger partial charge in [0.25, 0.3) is 0 Å². The van der Waals surface area contributed by atoms with Crippen LogP contribution < -0.4 is 0 Å². The number of aliphatic hydroxyl groups excluding tert-OH is 1. The van der Waals surface area contributed by atoms with E-state index in [1.807, 2.05) is 0 Å². The minimum Gasteiger partial charge on any atom is -0.396 e. The summed E-state index contributed by atoms with van der Waals surface area (Å²) in [4.78, 5) is 0. The summed E-state index contributed by atoms with van der Waals surface area (Å²) < 4.78 is 5.66. The zero-order valence-corrected chi connectivity index (χ0v) is 11.9. The van der Waals surface area contributed by atoms with Gasteiger partial charge in [-0.2, -0.15) is 0 Å². The van der Waals surface area contributed by atoms with E-state index in [1.165, 1.54) is 44.9 Å². The van der Waals surface area contributed by atoms with Crippen molar-refractivity contribution in [1.29, 1.82) is 0 Å². The van der Waals surface area contributed by atoms with E-state index in [0.717, 1.165) is 32.0 Å². The Kier molecular flexibility index (Phi) is 13.9. The molecule has 0 aromatic rings. The van der Waals surface area contributed by atoms with Crippen LogP contribution in [0.15, 0.2) is 0 Å². The first-order valence-electron chi connectivity index (χ1n) is 7.53. The van der Waals surface area contributed by atoms with Crippen molar-refractivity contribution >= 4 is 0 Å². The molecule has 0 aliphatic heterocycles. The maximum absolute atomic E-state index is 8.65. The van der Waals surface area contributed by atoms with Crippen LogP contribution in [0, 0.1) is 5.92 Å². The van der Waals surface area contributed by atoms with Gasteiger partial charge in [0.1, 0.15) is 0 Å². The summed E-state index contributed by atoms with van der Waals surface area (Å²) in [6.45, 7) is 6.53.